The summed E-state index contributed by atoms with van der Waals surface area (Å²) in [5, 5.41) is 0. The summed E-state index contributed by atoms with van der Waals surface area (Å²) < 4.78 is 2.06. The van der Waals surface area contributed by atoms with Crippen LogP contribution in [-0.2, 0) is 5.54 Å². The van der Waals surface area contributed by atoms with E-state index in [1.54, 1.807) is 11.3 Å². The topological polar surface area (TPSA) is 43.3 Å². The molecule has 1 aliphatic carbocycles. The molecule has 0 bridgehead atoms. The monoisotopic (exact) mass is 207 g/mol. The lowest BCUT2D eigenvalue weighted by atomic mass is 9.98. The molecule has 0 spiro atoms. The maximum Gasteiger partial charge on any atom is 0.193 e. The standard InChI is InChI=1S/C10H13N3S/c11-10(3-1-2-4-10)8-7-13-6-5-12-9(13)14-8/h5-7H,1-4,11H2. The Labute approximate surface area is 86.6 Å². The Balaban J connectivity index is 2.08. The zero-order valence-electron chi connectivity index (χ0n) is 7.94. The van der Waals surface area contributed by atoms with Crippen LogP contribution in [0.15, 0.2) is 18.6 Å². The van der Waals surface area contributed by atoms with E-state index >= 15 is 0 Å². The van der Waals surface area contributed by atoms with Crippen molar-refractivity contribution in [2.45, 2.75) is 31.2 Å². The largest absolute Gasteiger partial charge is 0.321 e. The SMILES string of the molecule is NC1(c2cn3ccnc3s2)CCCC1. The molecule has 3 rings (SSSR count). The minimum absolute atomic E-state index is 0.0641. The van der Waals surface area contributed by atoms with E-state index in [2.05, 4.69) is 15.6 Å². The van der Waals surface area contributed by atoms with Crippen molar-refractivity contribution in [3.05, 3.63) is 23.5 Å². The average Bonchev–Trinajstić information content (AvgIpc) is 2.75. The van der Waals surface area contributed by atoms with Crippen molar-refractivity contribution >= 4 is 16.3 Å². The molecule has 14 heavy (non-hydrogen) atoms. The summed E-state index contributed by atoms with van der Waals surface area (Å²) >= 11 is 1.73. The lowest BCUT2D eigenvalue weighted by Gasteiger charge is -2.20. The van der Waals surface area contributed by atoms with Gasteiger partial charge in [0.15, 0.2) is 4.96 Å². The number of nitrogens with zero attached hydrogens (tertiary/aromatic N) is 2. The summed E-state index contributed by atoms with van der Waals surface area (Å²) in [5.41, 5.74) is 6.31. The van der Waals surface area contributed by atoms with Crippen molar-refractivity contribution in [1.82, 2.24) is 9.38 Å². The highest BCUT2D eigenvalue weighted by Gasteiger charge is 2.33. The summed E-state index contributed by atoms with van der Waals surface area (Å²) in [4.78, 5) is 6.61. The van der Waals surface area contributed by atoms with E-state index in [1.165, 1.54) is 17.7 Å². The second kappa shape index (κ2) is 2.81. The van der Waals surface area contributed by atoms with Crippen LogP contribution in [0.3, 0.4) is 0 Å². The first-order valence-corrected chi connectivity index (χ1v) is 5.81. The van der Waals surface area contributed by atoms with Gasteiger partial charge in [-0.2, -0.15) is 0 Å². The third-order valence-corrected chi connectivity index (χ3v) is 4.31. The molecule has 1 aliphatic rings. The van der Waals surface area contributed by atoms with Crippen molar-refractivity contribution in [2.75, 3.05) is 0 Å². The fraction of sp³-hybridized carbons (Fsp3) is 0.500. The number of nitrogens with two attached hydrogens (primary N) is 1. The van der Waals surface area contributed by atoms with Gasteiger partial charge in [-0.3, -0.25) is 4.40 Å². The molecule has 2 aromatic rings. The second-order valence-electron chi connectivity index (χ2n) is 4.08. The highest BCUT2D eigenvalue weighted by molar-refractivity contribution is 7.17. The smallest absolute Gasteiger partial charge is 0.193 e. The summed E-state index contributed by atoms with van der Waals surface area (Å²) in [6, 6.07) is 0. The third kappa shape index (κ3) is 1.11. The molecule has 0 unspecified atom stereocenters. The average molecular weight is 207 g/mol. The molecule has 2 heterocycles. The first kappa shape index (κ1) is 8.44. The van der Waals surface area contributed by atoms with Gasteiger partial charge in [-0.15, -0.1) is 0 Å². The normalized spacial score (nSPS) is 20.6. The molecule has 1 saturated carbocycles. The van der Waals surface area contributed by atoms with Gasteiger partial charge in [-0.25, -0.2) is 4.98 Å². The van der Waals surface area contributed by atoms with Crippen LogP contribution in [0.5, 0.6) is 0 Å². The number of aromatic nitrogens is 2. The Morgan fingerprint density at radius 3 is 2.93 bits per heavy atom. The fourth-order valence-corrected chi connectivity index (χ4v) is 3.31. The minimum Gasteiger partial charge on any atom is -0.321 e. The number of fused-ring (bicyclic) bond motifs is 1. The first-order chi connectivity index (χ1) is 6.78. The van der Waals surface area contributed by atoms with Crippen LogP contribution in [0.25, 0.3) is 4.96 Å². The van der Waals surface area contributed by atoms with Gasteiger partial charge in [-0.1, -0.05) is 24.2 Å². The molecule has 0 saturated heterocycles. The van der Waals surface area contributed by atoms with E-state index in [1.807, 2.05) is 12.4 Å². The Bertz CT molecular complexity index is 422. The number of imidazole rings is 1. The van der Waals surface area contributed by atoms with Crippen LogP contribution in [0.4, 0.5) is 0 Å². The summed E-state index contributed by atoms with van der Waals surface area (Å²) in [6.07, 6.45) is 10.7. The highest BCUT2D eigenvalue weighted by Crippen LogP contribution is 2.39. The molecule has 1 fully saturated rings. The lowest BCUT2D eigenvalue weighted by molar-refractivity contribution is 0.470. The van der Waals surface area contributed by atoms with Crippen LogP contribution >= 0.6 is 11.3 Å². The zero-order chi connectivity index (χ0) is 9.60. The summed E-state index contributed by atoms with van der Waals surface area (Å²) in [6.45, 7) is 0. The molecule has 74 valence electrons. The van der Waals surface area contributed by atoms with Gasteiger partial charge >= 0.3 is 0 Å². The Morgan fingerprint density at radius 2 is 2.21 bits per heavy atom. The van der Waals surface area contributed by atoms with Crippen molar-refractivity contribution in [3.8, 4) is 0 Å². The quantitative estimate of drug-likeness (QED) is 0.778. The molecular formula is C10H13N3S. The van der Waals surface area contributed by atoms with E-state index in [4.69, 9.17) is 5.73 Å². The van der Waals surface area contributed by atoms with Crippen molar-refractivity contribution < 1.29 is 0 Å². The van der Waals surface area contributed by atoms with Gasteiger partial charge in [0.2, 0.25) is 0 Å². The first-order valence-electron chi connectivity index (χ1n) is 5.00. The van der Waals surface area contributed by atoms with Crippen LogP contribution < -0.4 is 5.73 Å². The van der Waals surface area contributed by atoms with Gasteiger partial charge in [0.25, 0.3) is 0 Å². The molecule has 2 aromatic heterocycles. The molecule has 0 aliphatic heterocycles. The van der Waals surface area contributed by atoms with E-state index in [9.17, 15) is 0 Å². The molecule has 4 heteroatoms. The van der Waals surface area contributed by atoms with E-state index in [0.29, 0.717) is 0 Å². The predicted molar refractivity (Wildman–Crippen MR) is 57.4 cm³/mol. The molecular weight excluding hydrogens is 194 g/mol. The van der Waals surface area contributed by atoms with Crippen LogP contribution in [0, 0.1) is 0 Å². The zero-order valence-corrected chi connectivity index (χ0v) is 8.76. The molecule has 3 nitrogen and oxygen atoms in total. The van der Waals surface area contributed by atoms with Crippen molar-refractivity contribution in [2.24, 2.45) is 5.73 Å². The van der Waals surface area contributed by atoms with E-state index in [0.717, 1.165) is 17.8 Å². The molecule has 0 atom stereocenters. The second-order valence-corrected chi connectivity index (χ2v) is 5.08. The Hall–Kier alpha value is -0.870. The maximum absolute atomic E-state index is 6.37. The Kier molecular flexibility index (Phi) is 1.69. The third-order valence-electron chi connectivity index (χ3n) is 3.08. The van der Waals surface area contributed by atoms with Crippen LogP contribution in [-0.4, -0.2) is 9.38 Å². The maximum atomic E-state index is 6.37. The van der Waals surface area contributed by atoms with Gasteiger partial charge in [0.05, 0.1) is 5.54 Å². The molecule has 0 amide bonds. The van der Waals surface area contributed by atoms with Gasteiger partial charge < -0.3 is 5.73 Å². The van der Waals surface area contributed by atoms with Crippen LogP contribution in [0.2, 0.25) is 0 Å². The van der Waals surface area contributed by atoms with E-state index in [-0.39, 0.29) is 5.54 Å². The van der Waals surface area contributed by atoms with Crippen molar-refractivity contribution in [1.29, 1.82) is 0 Å². The van der Waals surface area contributed by atoms with Crippen molar-refractivity contribution in [3.63, 3.8) is 0 Å². The van der Waals surface area contributed by atoms with Gasteiger partial charge in [0, 0.05) is 23.5 Å². The summed E-state index contributed by atoms with van der Waals surface area (Å²) in [7, 11) is 0. The Morgan fingerprint density at radius 1 is 1.43 bits per heavy atom. The molecule has 2 N–H and O–H groups in total. The van der Waals surface area contributed by atoms with Crippen LogP contribution in [0.1, 0.15) is 30.6 Å². The molecule has 0 radical (unpaired) electrons. The fourth-order valence-electron chi connectivity index (χ4n) is 2.21. The predicted octanol–water partition coefficient (Wildman–Crippen LogP) is 2.12. The number of rotatable bonds is 1. The van der Waals surface area contributed by atoms with E-state index < -0.39 is 0 Å². The number of hydrogen-bond donors (Lipinski definition) is 1. The molecule has 0 aromatic carbocycles. The van der Waals surface area contributed by atoms with Gasteiger partial charge in [0.1, 0.15) is 0 Å². The number of hydrogen-bond acceptors (Lipinski definition) is 3. The summed E-state index contributed by atoms with van der Waals surface area (Å²) in [5.74, 6) is 0. The number of thiazole rings is 1. The van der Waals surface area contributed by atoms with Gasteiger partial charge in [-0.05, 0) is 12.8 Å². The highest BCUT2D eigenvalue weighted by atomic mass is 32.1. The lowest BCUT2D eigenvalue weighted by Crippen LogP contribution is -2.31. The minimum atomic E-state index is -0.0641.